The highest BCUT2D eigenvalue weighted by Gasteiger charge is 2.52. The van der Waals surface area contributed by atoms with Gasteiger partial charge in [-0.15, -0.1) is 0 Å². The number of rotatable bonds is 8. The number of nitrogens with one attached hydrogen (secondary N) is 1. The number of aromatic nitrogens is 2. The number of carbonyl (C=O) groups excluding carboxylic acids is 2. The van der Waals surface area contributed by atoms with Gasteiger partial charge in [0.05, 0.1) is 12.2 Å². The maximum atomic E-state index is 13.0. The summed E-state index contributed by atoms with van der Waals surface area (Å²) in [4.78, 5) is 32.6. The van der Waals surface area contributed by atoms with Crippen LogP contribution in [0, 0.1) is 17.9 Å². The van der Waals surface area contributed by atoms with Crippen LogP contribution in [0.25, 0.3) is 11.4 Å². The lowest BCUT2D eigenvalue weighted by atomic mass is 10.2. The van der Waals surface area contributed by atoms with E-state index in [-0.39, 0.29) is 35.7 Å². The van der Waals surface area contributed by atoms with Crippen molar-refractivity contribution in [3.8, 4) is 22.9 Å². The quantitative estimate of drug-likeness (QED) is 0.523. The first-order chi connectivity index (χ1) is 15.4. The molecule has 9 heteroatoms. The smallest absolute Gasteiger partial charge is 0.331 e. The van der Waals surface area contributed by atoms with E-state index in [1.54, 1.807) is 19.1 Å². The monoisotopic (exact) mass is 434 g/mol. The van der Waals surface area contributed by atoms with E-state index in [9.17, 15) is 14.0 Å². The Kier molecular flexibility index (Phi) is 5.60. The van der Waals surface area contributed by atoms with Crippen LogP contribution < -0.4 is 15.8 Å². The summed E-state index contributed by atoms with van der Waals surface area (Å²) in [7, 11) is 0. The van der Waals surface area contributed by atoms with Gasteiger partial charge in [-0.3, -0.25) is 4.79 Å². The molecule has 3 N–H and O–H groups in total. The van der Waals surface area contributed by atoms with E-state index < -0.39 is 11.4 Å². The molecule has 0 unspecified atom stereocenters. The SMILES string of the molecule is CCOC(=O)C1(Nc2cc(C(N)=O)nc(-c3c#cc(Oc4ccc(F)cc4)cc3)n2)CC1. The van der Waals surface area contributed by atoms with Gasteiger partial charge in [0, 0.05) is 6.07 Å². The van der Waals surface area contributed by atoms with Crippen molar-refractivity contribution in [2.75, 3.05) is 11.9 Å². The molecule has 0 bridgehead atoms. The fourth-order valence-electron chi connectivity index (χ4n) is 2.97. The highest BCUT2D eigenvalue weighted by atomic mass is 19.1. The van der Waals surface area contributed by atoms with Gasteiger partial charge in [0.2, 0.25) is 0 Å². The van der Waals surface area contributed by atoms with Gasteiger partial charge in [0.25, 0.3) is 5.91 Å². The van der Waals surface area contributed by atoms with Crippen LogP contribution in [-0.4, -0.2) is 34.0 Å². The van der Waals surface area contributed by atoms with Crippen molar-refractivity contribution in [1.29, 1.82) is 0 Å². The molecule has 1 heterocycles. The third-order valence-corrected chi connectivity index (χ3v) is 4.77. The fraction of sp³-hybridized carbons (Fsp3) is 0.217. The molecule has 0 atom stereocenters. The third-order valence-electron chi connectivity index (χ3n) is 4.77. The Morgan fingerprint density at radius 3 is 2.50 bits per heavy atom. The van der Waals surface area contributed by atoms with Crippen LogP contribution in [0.3, 0.4) is 0 Å². The molecule has 0 spiro atoms. The predicted octanol–water partition coefficient (Wildman–Crippen LogP) is 3.28. The molecule has 0 aliphatic heterocycles. The normalized spacial score (nSPS) is 13.6. The van der Waals surface area contributed by atoms with Gasteiger partial charge in [0.15, 0.2) is 11.6 Å². The van der Waals surface area contributed by atoms with Gasteiger partial charge >= 0.3 is 5.97 Å². The molecule has 1 fully saturated rings. The van der Waals surface area contributed by atoms with E-state index >= 15 is 0 Å². The van der Waals surface area contributed by atoms with Gasteiger partial charge in [0.1, 0.15) is 28.6 Å². The van der Waals surface area contributed by atoms with E-state index in [0.29, 0.717) is 29.9 Å². The predicted molar refractivity (Wildman–Crippen MR) is 112 cm³/mol. The van der Waals surface area contributed by atoms with E-state index in [1.807, 2.05) is 0 Å². The summed E-state index contributed by atoms with van der Waals surface area (Å²) in [6, 6.07) is 15.9. The number of halogens is 1. The number of carbonyl (C=O) groups is 2. The topological polar surface area (TPSA) is 116 Å². The zero-order valence-electron chi connectivity index (χ0n) is 17.1. The van der Waals surface area contributed by atoms with E-state index in [1.165, 1.54) is 30.3 Å². The molecule has 1 saturated carbocycles. The molecule has 1 aliphatic rings. The van der Waals surface area contributed by atoms with Gasteiger partial charge in [-0.25, -0.2) is 19.2 Å². The Balaban J connectivity index is 1.58. The highest BCUT2D eigenvalue weighted by Crippen LogP contribution is 2.40. The molecule has 1 aliphatic carbocycles. The lowest BCUT2D eigenvalue weighted by Gasteiger charge is -2.17. The van der Waals surface area contributed by atoms with Crippen molar-refractivity contribution in [2.45, 2.75) is 25.3 Å². The third kappa shape index (κ3) is 4.59. The van der Waals surface area contributed by atoms with Gasteiger partial charge < -0.3 is 20.5 Å². The van der Waals surface area contributed by atoms with E-state index in [0.717, 1.165) is 0 Å². The Hall–Kier alpha value is -4.19. The van der Waals surface area contributed by atoms with Crippen molar-refractivity contribution >= 4 is 17.7 Å². The number of nitrogens with two attached hydrogens (primary N) is 1. The second-order valence-electron chi connectivity index (χ2n) is 7.17. The minimum absolute atomic E-state index is 0.0165. The standard InChI is InChI=1S/C23H19FN4O4/c1-2-31-22(30)23(11-12-23)28-19-13-18(20(25)29)26-21(27-19)14-3-7-16(8-4-14)32-17-9-5-15(24)6-10-17/h3,5-7,9-10,13H,2,11-12H2,1H3,(H2,25,29)(H,26,27,28). The number of hydrogen-bond acceptors (Lipinski definition) is 7. The summed E-state index contributed by atoms with van der Waals surface area (Å²) in [6.07, 6.45) is 1.18. The Morgan fingerprint density at radius 2 is 1.91 bits per heavy atom. The molecule has 3 aromatic rings. The highest BCUT2D eigenvalue weighted by molar-refractivity contribution is 5.93. The molecular formula is C23H19FN4O4. The molecule has 0 saturated heterocycles. The number of esters is 1. The summed E-state index contributed by atoms with van der Waals surface area (Å²) in [5.41, 5.74) is 4.98. The molecule has 8 nitrogen and oxygen atoms in total. The molecule has 1 aromatic heterocycles. The summed E-state index contributed by atoms with van der Waals surface area (Å²) in [6.45, 7) is 2.00. The molecule has 32 heavy (non-hydrogen) atoms. The molecule has 162 valence electrons. The second kappa shape index (κ2) is 8.51. The number of benzene rings is 1. The van der Waals surface area contributed by atoms with Crippen LogP contribution in [0.4, 0.5) is 10.2 Å². The van der Waals surface area contributed by atoms with Crippen LogP contribution in [-0.2, 0) is 9.53 Å². The first-order valence-corrected chi connectivity index (χ1v) is 9.90. The zero-order valence-corrected chi connectivity index (χ0v) is 17.1. The number of nitrogens with zero attached hydrogens (tertiary/aromatic N) is 2. The Labute approximate surface area is 183 Å². The van der Waals surface area contributed by atoms with Crippen LogP contribution >= 0.6 is 0 Å². The summed E-state index contributed by atoms with van der Waals surface area (Å²) >= 11 is 0. The molecule has 4 rings (SSSR count). The molecule has 1 amide bonds. The Morgan fingerprint density at radius 1 is 1.16 bits per heavy atom. The van der Waals surface area contributed by atoms with E-state index in [4.69, 9.17) is 15.2 Å². The average Bonchev–Trinajstić information content (AvgIpc) is 3.56. The van der Waals surface area contributed by atoms with Crippen LogP contribution in [0.2, 0.25) is 0 Å². The number of amides is 1. The van der Waals surface area contributed by atoms with E-state index in [2.05, 4.69) is 27.4 Å². The molecule has 0 radical (unpaired) electrons. The number of primary amides is 1. The van der Waals surface area contributed by atoms with Crippen molar-refractivity contribution in [3.05, 3.63) is 66.1 Å². The Bertz CT molecular complexity index is 1150. The first-order valence-electron chi connectivity index (χ1n) is 9.90. The summed E-state index contributed by atoms with van der Waals surface area (Å²) < 4.78 is 23.8. The van der Waals surface area contributed by atoms with Crippen molar-refractivity contribution < 1.29 is 23.5 Å². The van der Waals surface area contributed by atoms with Crippen molar-refractivity contribution in [3.63, 3.8) is 0 Å². The minimum Gasteiger partial charge on any atom is -0.464 e. The average molecular weight is 434 g/mol. The second-order valence-corrected chi connectivity index (χ2v) is 7.17. The van der Waals surface area contributed by atoms with Gasteiger partial charge in [-0.05, 0) is 62.2 Å². The largest absolute Gasteiger partial charge is 0.464 e. The summed E-state index contributed by atoms with van der Waals surface area (Å²) in [5.74, 6) is -0.238. The maximum absolute atomic E-state index is 13.0. The fourth-order valence-corrected chi connectivity index (χ4v) is 2.97. The molecular weight excluding hydrogens is 415 g/mol. The number of ether oxygens (including phenoxy) is 2. The van der Waals surface area contributed by atoms with Gasteiger partial charge in [-0.1, -0.05) is 6.07 Å². The lowest BCUT2D eigenvalue weighted by Crippen LogP contribution is -2.34. The van der Waals surface area contributed by atoms with Crippen LogP contribution in [0.1, 0.15) is 30.3 Å². The maximum Gasteiger partial charge on any atom is 0.331 e. The van der Waals surface area contributed by atoms with Crippen molar-refractivity contribution in [2.24, 2.45) is 5.73 Å². The van der Waals surface area contributed by atoms with Crippen LogP contribution in [0.5, 0.6) is 11.5 Å². The van der Waals surface area contributed by atoms with Gasteiger partial charge in [-0.2, -0.15) is 0 Å². The zero-order chi connectivity index (χ0) is 22.7. The van der Waals surface area contributed by atoms with Crippen molar-refractivity contribution in [1.82, 2.24) is 9.97 Å². The number of hydrogen-bond donors (Lipinski definition) is 2. The van der Waals surface area contributed by atoms with Crippen LogP contribution in [0.15, 0.2) is 42.5 Å². The minimum atomic E-state index is -0.862. The summed E-state index contributed by atoms with van der Waals surface area (Å²) in [5, 5.41) is 3.06. The lowest BCUT2D eigenvalue weighted by molar-refractivity contribution is -0.145. The number of anilines is 1. The molecule has 2 aromatic carbocycles. The first kappa shape index (κ1) is 21.1.